The normalized spacial score (nSPS) is 12.8. The molecule has 0 spiro atoms. The lowest BCUT2D eigenvalue weighted by atomic mass is 10.3. The van der Waals surface area contributed by atoms with Crippen molar-refractivity contribution < 1.29 is 13.2 Å². The predicted octanol–water partition coefficient (Wildman–Crippen LogP) is 0.316. The minimum absolute atomic E-state index is 0.113. The molecule has 0 aliphatic rings. The summed E-state index contributed by atoms with van der Waals surface area (Å²) in [5.74, 6) is -0.378. The van der Waals surface area contributed by atoms with Gasteiger partial charge in [-0.3, -0.25) is 4.79 Å². The number of pyridine rings is 1. The standard InChI is InChI=1S/C12H20N4O3S/c1-4-13-10-7-6-8-15-12(10)20(18,19)16-9(3)11(17)14-5-2/h6-9,13,16H,4-5H2,1-3H3,(H,14,17). The van der Waals surface area contributed by atoms with Crippen molar-refractivity contribution in [2.24, 2.45) is 0 Å². The summed E-state index contributed by atoms with van der Waals surface area (Å²) in [4.78, 5) is 15.5. The summed E-state index contributed by atoms with van der Waals surface area (Å²) in [6.45, 7) is 6.12. The van der Waals surface area contributed by atoms with Crippen molar-refractivity contribution in [3.8, 4) is 0 Å². The average Bonchev–Trinajstić information content (AvgIpc) is 2.39. The number of likely N-dealkylation sites (N-methyl/N-ethyl adjacent to an activating group) is 1. The first-order chi connectivity index (χ1) is 9.42. The van der Waals surface area contributed by atoms with E-state index in [1.54, 1.807) is 19.1 Å². The molecule has 1 amide bonds. The SMILES string of the molecule is CCNC(=O)C(C)NS(=O)(=O)c1ncccc1NCC. The van der Waals surface area contributed by atoms with Crippen molar-refractivity contribution in [2.75, 3.05) is 18.4 Å². The number of carbonyl (C=O) groups excluding carboxylic acids is 1. The number of carbonyl (C=O) groups is 1. The largest absolute Gasteiger partial charge is 0.383 e. The van der Waals surface area contributed by atoms with Gasteiger partial charge < -0.3 is 10.6 Å². The lowest BCUT2D eigenvalue weighted by Gasteiger charge is -2.15. The van der Waals surface area contributed by atoms with E-state index in [2.05, 4.69) is 20.3 Å². The van der Waals surface area contributed by atoms with Crippen molar-refractivity contribution in [2.45, 2.75) is 31.8 Å². The van der Waals surface area contributed by atoms with Crippen molar-refractivity contribution in [1.29, 1.82) is 0 Å². The molecule has 0 aliphatic carbocycles. The first-order valence-corrected chi connectivity index (χ1v) is 7.89. The molecule has 112 valence electrons. The summed E-state index contributed by atoms with van der Waals surface area (Å²) in [5.41, 5.74) is 0.408. The monoisotopic (exact) mass is 300 g/mol. The number of hydrogen-bond acceptors (Lipinski definition) is 5. The zero-order valence-electron chi connectivity index (χ0n) is 11.8. The molecule has 0 saturated heterocycles. The van der Waals surface area contributed by atoms with Gasteiger partial charge in [-0.2, -0.15) is 4.72 Å². The Hall–Kier alpha value is -1.67. The van der Waals surface area contributed by atoms with E-state index in [0.29, 0.717) is 18.8 Å². The fourth-order valence-corrected chi connectivity index (χ4v) is 2.91. The van der Waals surface area contributed by atoms with Gasteiger partial charge in [-0.25, -0.2) is 13.4 Å². The summed E-state index contributed by atoms with van der Waals surface area (Å²) in [6, 6.07) is 2.41. The van der Waals surface area contributed by atoms with Gasteiger partial charge in [0.2, 0.25) is 5.91 Å². The average molecular weight is 300 g/mol. The number of hydrogen-bond donors (Lipinski definition) is 3. The summed E-state index contributed by atoms with van der Waals surface area (Å²) in [6.07, 6.45) is 1.40. The van der Waals surface area contributed by atoms with Gasteiger partial charge in [0.15, 0.2) is 5.03 Å². The molecule has 1 atom stereocenters. The maximum Gasteiger partial charge on any atom is 0.260 e. The number of nitrogens with one attached hydrogen (secondary N) is 3. The van der Waals surface area contributed by atoms with Gasteiger partial charge in [-0.15, -0.1) is 0 Å². The summed E-state index contributed by atoms with van der Waals surface area (Å²) in [7, 11) is -3.86. The number of aromatic nitrogens is 1. The molecule has 8 heteroatoms. The molecular weight excluding hydrogens is 280 g/mol. The van der Waals surface area contributed by atoms with Crippen LogP contribution in [0.15, 0.2) is 23.4 Å². The number of amides is 1. The third kappa shape index (κ3) is 4.17. The second kappa shape index (κ2) is 7.20. The molecule has 3 N–H and O–H groups in total. The molecule has 1 aromatic rings. The Morgan fingerprint density at radius 1 is 1.35 bits per heavy atom. The molecule has 1 aromatic heterocycles. The van der Waals surface area contributed by atoms with Crippen LogP contribution in [0, 0.1) is 0 Å². The van der Waals surface area contributed by atoms with E-state index in [-0.39, 0.29) is 10.9 Å². The molecule has 0 fully saturated rings. The van der Waals surface area contributed by atoms with Gasteiger partial charge in [-0.05, 0) is 32.9 Å². The number of sulfonamides is 1. The van der Waals surface area contributed by atoms with Crippen LogP contribution in [0.25, 0.3) is 0 Å². The second-order valence-corrected chi connectivity index (χ2v) is 5.75. The van der Waals surface area contributed by atoms with Crippen LogP contribution in [-0.4, -0.2) is 38.4 Å². The molecule has 1 unspecified atom stereocenters. The van der Waals surface area contributed by atoms with E-state index in [0.717, 1.165) is 0 Å². The second-order valence-electron chi connectivity index (χ2n) is 4.12. The van der Waals surface area contributed by atoms with Crippen LogP contribution in [0.1, 0.15) is 20.8 Å². The van der Waals surface area contributed by atoms with E-state index >= 15 is 0 Å². The van der Waals surface area contributed by atoms with E-state index < -0.39 is 16.1 Å². The van der Waals surface area contributed by atoms with Gasteiger partial charge in [-0.1, -0.05) is 0 Å². The first-order valence-electron chi connectivity index (χ1n) is 6.41. The van der Waals surface area contributed by atoms with Crippen LogP contribution in [0.2, 0.25) is 0 Å². The quantitative estimate of drug-likeness (QED) is 0.673. The van der Waals surface area contributed by atoms with Gasteiger partial charge in [0, 0.05) is 19.3 Å². The summed E-state index contributed by atoms with van der Waals surface area (Å²) in [5, 5.41) is 5.37. The Morgan fingerprint density at radius 2 is 2.05 bits per heavy atom. The highest BCUT2D eigenvalue weighted by molar-refractivity contribution is 7.89. The number of nitrogens with zero attached hydrogens (tertiary/aromatic N) is 1. The van der Waals surface area contributed by atoms with E-state index in [9.17, 15) is 13.2 Å². The Balaban J connectivity index is 2.97. The van der Waals surface area contributed by atoms with Gasteiger partial charge in [0.25, 0.3) is 10.0 Å². The maximum atomic E-state index is 12.3. The van der Waals surface area contributed by atoms with Gasteiger partial charge >= 0.3 is 0 Å². The fourth-order valence-electron chi connectivity index (χ4n) is 1.60. The van der Waals surface area contributed by atoms with Crippen molar-refractivity contribution in [3.63, 3.8) is 0 Å². The van der Waals surface area contributed by atoms with E-state index in [4.69, 9.17) is 0 Å². The van der Waals surface area contributed by atoms with Crippen LogP contribution in [0.5, 0.6) is 0 Å². The van der Waals surface area contributed by atoms with Crippen molar-refractivity contribution >= 4 is 21.6 Å². The van der Waals surface area contributed by atoms with Gasteiger partial charge in [0.05, 0.1) is 11.7 Å². The van der Waals surface area contributed by atoms with Crippen LogP contribution < -0.4 is 15.4 Å². The number of rotatable bonds is 7. The smallest absolute Gasteiger partial charge is 0.260 e. The summed E-state index contributed by atoms with van der Waals surface area (Å²) < 4.78 is 26.8. The zero-order valence-corrected chi connectivity index (χ0v) is 12.6. The predicted molar refractivity (Wildman–Crippen MR) is 76.9 cm³/mol. The van der Waals surface area contributed by atoms with Crippen molar-refractivity contribution in [3.05, 3.63) is 18.3 Å². The molecule has 1 rings (SSSR count). The molecule has 0 aromatic carbocycles. The minimum atomic E-state index is -3.86. The highest BCUT2D eigenvalue weighted by Crippen LogP contribution is 2.17. The molecule has 7 nitrogen and oxygen atoms in total. The fraction of sp³-hybridized carbons (Fsp3) is 0.500. The molecule has 0 aliphatic heterocycles. The Bertz CT molecular complexity index is 560. The molecular formula is C12H20N4O3S. The lowest BCUT2D eigenvalue weighted by molar-refractivity contribution is -0.122. The number of anilines is 1. The third-order valence-corrected chi connectivity index (χ3v) is 3.97. The third-order valence-electron chi connectivity index (χ3n) is 2.47. The summed E-state index contributed by atoms with van der Waals surface area (Å²) >= 11 is 0. The Morgan fingerprint density at radius 3 is 2.65 bits per heavy atom. The zero-order chi connectivity index (χ0) is 15.2. The van der Waals surface area contributed by atoms with Crippen LogP contribution >= 0.6 is 0 Å². The topological polar surface area (TPSA) is 100 Å². The van der Waals surface area contributed by atoms with Crippen LogP contribution in [0.3, 0.4) is 0 Å². The van der Waals surface area contributed by atoms with Crippen molar-refractivity contribution in [1.82, 2.24) is 15.0 Å². The molecule has 20 heavy (non-hydrogen) atoms. The minimum Gasteiger partial charge on any atom is -0.383 e. The molecule has 0 radical (unpaired) electrons. The lowest BCUT2D eigenvalue weighted by Crippen LogP contribution is -2.44. The van der Waals surface area contributed by atoms with E-state index in [1.807, 2.05) is 6.92 Å². The highest BCUT2D eigenvalue weighted by Gasteiger charge is 2.25. The first kappa shape index (κ1) is 16.4. The molecule has 0 saturated carbocycles. The van der Waals surface area contributed by atoms with Crippen LogP contribution in [-0.2, 0) is 14.8 Å². The Kier molecular flexibility index (Phi) is 5.90. The van der Waals surface area contributed by atoms with E-state index in [1.165, 1.54) is 13.1 Å². The Labute approximate surface area is 119 Å². The van der Waals surface area contributed by atoms with Gasteiger partial charge in [0.1, 0.15) is 0 Å². The highest BCUT2D eigenvalue weighted by atomic mass is 32.2. The maximum absolute atomic E-state index is 12.3. The molecule has 1 heterocycles. The molecule has 0 bridgehead atoms. The van der Waals surface area contributed by atoms with Crippen LogP contribution in [0.4, 0.5) is 5.69 Å².